The lowest BCUT2D eigenvalue weighted by Gasteiger charge is -2.18. The summed E-state index contributed by atoms with van der Waals surface area (Å²) in [5, 5.41) is 12.8. The maximum Gasteiger partial charge on any atom is 0.317 e. The fraction of sp³-hybridized carbons (Fsp3) is 0.286. The van der Waals surface area contributed by atoms with Crippen molar-refractivity contribution in [2.24, 2.45) is 0 Å². The molecule has 0 unspecified atom stereocenters. The highest BCUT2D eigenvalue weighted by Crippen LogP contribution is 2.15. The van der Waals surface area contributed by atoms with E-state index in [2.05, 4.69) is 21.1 Å². The second-order valence-corrected chi connectivity index (χ2v) is 5.52. The van der Waals surface area contributed by atoms with Gasteiger partial charge < -0.3 is 9.63 Å². The smallest absolute Gasteiger partial charge is 0.317 e. The van der Waals surface area contributed by atoms with Crippen LogP contribution in [0.15, 0.2) is 39.3 Å². The molecule has 1 aromatic heterocycles. The highest BCUT2D eigenvalue weighted by atomic mass is 79.9. The van der Waals surface area contributed by atoms with Crippen LogP contribution in [-0.2, 0) is 17.9 Å². The van der Waals surface area contributed by atoms with Crippen LogP contribution in [0.3, 0.4) is 0 Å². The monoisotopic (exact) mass is 338 g/mol. The summed E-state index contributed by atoms with van der Waals surface area (Å²) < 4.78 is 6.12. The lowest BCUT2D eigenvalue weighted by Crippen LogP contribution is -2.28. The average molecular weight is 339 g/mol. The Balaban J connectivity index is 2.09. The number of aliphatic carboxylic acids is 1. The Labute approximate surface area is 125 Å². The zero-order valence-corrected chi connectivity index (χ0v) is 12.6. The van der Waals surface area contributed by atoms with Crippen LogP contribution in [0.2, 0.25) is 0 Å². The third-order valence-electron chi connectivity index (χ3n) is 2.71. The molecule has 5 nitrogen and oxygen atoms in total. The molecule has 0 spiro atoms. The second-order valence-electron chi connectivity index (χ2n) is 4.60. The Morgan fingerprint density at radius 2 is 2.20 bits per heavy atom. The second kappa shape index (κ2) is 6.67. The minimum absolute atomic E-state index is 0.0493. The summed E-state index contributed by atoms with van der Waals surface area (Å²) in [4.78, 5) is 12.8. The quantitative estimate of drug-likeness (QED) is 0.877. The zero-order valence-electron chi connectivity index (χ0n) is 11.0. The maximum atomic E-state index is 11.0. The molecule has 0 atom stereocenters. The van der Waals surface area contributed by atoms with E-state index in [0.29, 0.717) is 18.8 Å². The Bertz CT molecular complexity index is 598. The maximum absolute atomic E-state index is 11.0. The van der Waals surface area contributed by atoms with Crippen LogP contribution < -0.4 is 0 Å². The van der Waals surface area contributed by atoms with Crippen LogP contribution in [0.1, 0.15) is 17.0 Å². The van der Waals surface area contributed by atoms with Gasteiger partial charge in [0.15, 0.2) is 5.76 Å². The van der Waals surface area contributed by atoms with Gasteiger partial charge in [-0.25, -0.2) is 0 Å². The van der Waals surface area contributed by atoms with Gasteiger partial charge in [-0.1, -0.05) is 33.2 Å². The van der Waals surface area contributed by atoms with Crippen molar-refractivity contribution < 1.29 is 14.4 Å². The van der Waals surface area contributed by atoms with E-state index in [1.807, 2.05) is 37.3 Å². The van der Waals surface area contributed by atoms with Crippen molar-refractivity contribution in [1.82, 2.24) is 10.1 Å². The molecule has 2 rings (SSSR count). The summed E-state index contributed by atoms with van der Waals surface area (Å²) in [6.07, 6.45) is 0. The molecule has 0 aliphatic heterocycles. The number of hydrogen-bond acceptors (Lipinski definition) is 4. The van der Waals surface area contributed by atoms with Gasteiger partial charge in [0.2, 0.25) is 0 Å². The van der Waals surface area contributed by atoms with E-state index < -0.39 is 5.97 Å². The van der Waals surface area contributed by atoms with Crippen molar-refractivity contribution >= 4 is 21.9 Å². The van der Waals surface area contributed by atoms with Crippen LogP contribution in [0.5, 0.6) is 0 Å². The Kier molecular flexibility index (Phi) is 4.92. The van der Waals surface area contributed by atoms with Gasteiger partial charge in [-0.2, -0.15) is 0 Å². The Morgan fingerprint density at radius 1 is 1.40 bits per heavy atom. The van der Waals surface area contributed by atoms with Crippen molar-refractivity contribution in [3.05, 3.63) is 51.8 Å². The van der Waals surface area contributed by atoms with Gasteiger partial charge >= 0.3 is 5.97 Å². The molecular weight excluding hydrogens is 324 g/mol. The number of carboxylic acid groups (broad SMARTS) is 1. The summed E-state index contributed by atoms with van der Waals surface area (Å²) in [5.74, 6) is -0.199. The number of carbonyl (C=O) groups is 1. The van der Waals surface area contributed by atoms with Crippen LogP contribution in [0.25, 0.3) is 0 Å². The highest BCUT2D eigenvalue weighted by molar-refractivity contribution is 9.10. The average Bonchev–Trinajstić information content (AvgIpc) is 2.73. The normalized spacial score (nSPS) is 10.9. The molecule has 0 amide bonds. The van der Waals surface area contributed by atoms with Crippen molar-refractivity contribution in [2.75, 3.05) is 6.54 Å². The van der Waals surface area contributed by atoms with E-state index in [1.165, 1.54) is 0 Å². The van der Waals surface area contributed by atoms with Crippen molar-refractivity contribution in [2.45, 2.75) is 20.0 Å². The van der Waals surface area contributed by atoms with Crippen LogP contribution >= 0.6 is 15.9 Å². The number of aromatic nitrogens is 1. The van der Waals surface area contributed by atoms with Gasteiger partial charge in [-0.05, 0) is 24.6 Å². The number of nitrogens with zero attached hydrogens (tertiary/aromatic N) is 2. The molecule has 0 aliphatic carbocycles. The van der Waals surface area contributed by atoms with E-state index in [9.17, 15) is 4.79 Å². The summed E-state index contributed by atoms with van der Waals surface area (Å²) >= 11 is 3.41. The summed E-state index contributed by atoms with van der Waals surface area (Å²) in [7, 11) is 0. The first-order valence-electron chi connectivity index (χ1n) is 6.14. The van der Waals surface area contributed by atoms with Gasteiger partial charge in [0.05, 0.1) is 18.8 Å². The first kappa shape index (κ1) is 14.7. The molecule has 1 heterocycles. The molecule has 1 N–H and O–H groups in total. The van der Waals surface area contributed by atoms with E-state index in [-0.39, 0.29) is 6.54 Å². The number of aryl methyl sites for hydroxylation is 1. The predicted molar refractivity (Wildman–Crippen MR) is 77.1 cm³/mol. The molecule has 0 radical (unpaired) electrons. The molecule has 0 fully saturated rings. The van der Waals surface area contributed by atoms with E-state index in [4.69, 9.17) is 9.63 Å². The molecule has 6 heteroatoms. The van der Waals surface area contributed by atoms with E-state index >= 15 is 0 Å². The minimum Gasteiger partial charge on any atom is -0.480 e. The van der Waals surface area contributed by atoms with Gasteiger partial charge in [-0.15, -0.1) is 0 Å². The SMILES string of the molecule is Cc1cc(CN(CC(=O)O)Cc2cccc(Br)c2)on1. The van der Waals surface area contributed by atoms with Gasteiger partial charge in [-0.3, -0.25) is 9.69 Å². The number of halogens is 1. The van der Waals surface area contributed by atoms with Crippen molar-refractivity contribution in [1.29, 1.82) is 0 Å². The van der Waals surface area contributed by atoms with Crippen LogP contribution in [0.4, 0.5) is 0 Å². The molecule has 0 saturated heterocycles. The molecule has 106 valence electrons. The van der Waals surface area contributed by atoms with E-state index in [1.54, 1.807) is 4.90 Å². The fourth-order valence-electron chi connectivity index (χ4n) is 1.96. The number of carboxylic acids is 1. The largest absolute Gasteiger partial charge is 0.480 e. The highest BCUT2D eigenvalue weighted by Gasteiger charge is 2.13. The molecule has 0 bridgehead atoms. The zero-order chi connectivity index (χ0) is 14.5. The van der Waals surface area contributed by atoms with Crippen molar-refractivity contribution in [3.8, 4) is 0 Å². The minimum atomic E-state index is -0.865. The number of benzene rings is 1. The number of hydrogen-bond donors (Lipinski definition) is 1. The summed E-state index contributed by atoms with van der Waals surface area (Å²) in [6, 6.07) is 9.61. The Hall–Kier alpha value is -1.66. The molecule has 20 heavy (non-hydrogen) atoms. The van der Waals surface area contributed by atoms with Crippen molar-refractivity contribution in [3.63, 3.8) is 0 Å². The van der Waals surface area contributed by atoms with Gasteiger partial charge in [0, 0.05) is 17.1 Å². The summed E-state index contributed by atoms with van der Waals surface area (Å²) in [6.45, 7) is 2.74. The van der Waals surface area contributed by atoms with Crippen LogP contribution in [-0.4, -0.2) is 27.7 Å². The summed E-state index contributed by atoms with van der Waals surface area (Å²) in [5.41, 5.74) is 1.83. The molecular formula is C14H15BrN2O3. The molecule has 2 aromatic rings. The lowest BCUT2D eigenvalue weighted by atomic mass is 10.2. The Morgan fingerprint density at radius 3 is 2.80 bits per heavy atom. The van der Waals surface area contributed by atoms with Crippen LogP contribution in [0, 0.1) is 6.92 Å². The number of rotatable bonds is 6. The van der Waals surface area contributed by atoms with Gasteiger partial charge in [0.1, 0.15) is 0 Å². The molecule has 0 saturated carbocycles. The first-order chi connectivity index (χ1) is 9.52. The lowest BCUT2D eigenvalue weighted by molar-refractivity contribution is -0.138. The third kappa shape index (κ3) is 4.47. The first-order valence-corrected chi connectivity index (χ1v) is 6.93. The van der Waals surface area contributed by atoms with Gasteiger partial charge in [0.25, 0.3) is 0 Å². The fourth-order valence-corrected chi connectivity index (χ4v) is 2.41. The standard InChI is InChI=1S/C14H15BrN2O3/c1-10-5-13(20-16-10)8-17(9-14(18)19)7-11-3-2-4-12(15)6-11/h2-6H,7-9H2,1H3,(H,18,19). The third-order valence-corrected chi connectivity index (χ3v) is 3.20. The van der Waals surface area contributed by atoms with E-state index in [0.717, 1.165) is 15.7 Å². The topological polar surface area (TPSA) is 66.6 Å². The molecule has 1 aromatic carbocycles. The molecule has 0 aliphatic rings. The predicted octanol–water partition coefficient (Wildman–Crippen LogP) is 2.83.